The number of nitrogens with one attached hydrogen (secondary N) is 1. The predicted molar refractivity (Wildman–Crippen MR) is 96.1 cm³/mol. The summed E-state index contributed by atoms with van der Waals surface area (Å²) in [6.07, 6.45) is 0.0763. The lowest BCUT2D eigenvalue weighted by Crippen LogP contribution is -2.49. The van der Waals surface area contributed by atoms with E-state index in [0.29, 0.717) is 19.5 Å². The highest BCUT2D eigenvalue weighted by Gasteiger charge is 2.31. The number of hydrogen-bond donors (Lipinski definition) is 5. The van der Waals surface area contributed by atoms with Gasteiger partial charge >= 0.3 is 11.9 Å². The number of aliphatic hydroxyl groups is 2. The third kappa shape index (κ3) is 7.06. The van der Waals surface area contributed by atoms with E-state index in [4.69, 9.17) is 20.4 Å². The summed E-state index contributed by atoms with van der Waals surface area (Å²) in [4.78, 5) is 47.3. The zero-order chi connectivity index (χ0) is 21.3. The Labute approximate surface area is 162 Å². The number of hydrogen-bond acceptors (Lipinski definition) is 7. The molecule has 2 amide bonds. The van der Waals surface area contributed by atoms with Gasteiger partial charge in [-0.1, -0.05) is 6.92 Å². The molecule has 2 aliphatic heterocycles. The summed E-state index contributed by atoms with van der Waals surface area (Å²) in [5.41, 5.74) is 0. The lowest BCUT2D eigenvalue weighted by atomic mass is 10.2. The van der Waals surface area contributed by atoms with Gasteiger partial charge in [-0.15, -0.1) is 0 Å². The first kappa shape index (κ1) is 23.8. The molecule has 11 nitrogen and oxygen atoms in total. The highest BCUT2D eigenvalue weighted by Crippen LogP contribution is 2.16. The Kier molecular flexibility index (Phi) is 9.83. The summed E-state index contributed by atoms with van der Waals surface area (Å²) in [5, 5.41) is 35.5. The molecule has 5 N–H and O–H groups in total. The maximum atomic E-state index is 12.1. The van der Waals surface area contributed by atoms with Crippen molar-refractivity contribution in [3.05, 3.63) is 0 Å². The van der Waals surface area contributed by atoms with Crippen LogP contribution in [0.25, 0.3) is 0 Å². The number of carbonyl (C=O) groups excluding carboxylic acids is 2. The number of amides is 2. The van der Waals surface area contributed by atoms with Crippen LogP contribution < -0.4 is 5.32 Å². The molecule has 0 aromatic heterocycles. The van der Waals surface area contributed by atoms with E-state index in [2.05, 4.69) is 10.2 Å². The maximum Gasteiger partial charge on any atom is 0.335 e. The molecule has 0 radical (unpaired) electrons. The summed E-state index contributed by atoms with van der Waals surface area (Å²) in [5.74, 6) is -3.41. The summed E-state index contributed by atoms with van der Waals surface area (Å²) >= 11 is 0. The Morgan fingerprint density at radius 1 is 1.00 bits per heavy atom. The lowest BCUT2D eigenvalue weighted by molar-refractivity contribution is -0.165. The lowest BCUT2D eigenvalue weighted by Gasteiger charge is -2.26. The monoisotopic (exact) mass is 403 g/mol. The summed E-state index contributed by atoms with van der Waals surface area (Å²) in [6.45, 7) is 5.46. The van der Waals surface area contributed by atoms with Crippen LogP contribution in [0.2, 0.25) is 0 Å². The van der Waals surface area contributed by atoms with Crippen LogP contribution in [0.3, 0.4) is 0 Å². The minimum atomic E-state index is -2.27. The van der Waals surface area contributed by atoms with Crippen LogP contribution in [0.1, 0.15) is 39.0 Å². The van der Waals surface area contributed by atoms with E-state index in [0.717, 1.165) is 26.1 Å². The predicted octanol–water partition coefficient (Wildman–Crippen LogP) is -1.57. The number of likely N-dealkylation sites (tertiary alicyclic amines) is 2. The van der Waals surface area contributed by atoms with Crippen LogP contribution in [0.15, 0.2) is 0 Å². The van der Waals surface area contributed by atoms with E-state index >= 15 is 0 Å². The Balaban J connectivity index is 0.000000336. The van der Waals surface area contributed by atoms with Crippen molar-refractivity contribution in [2.45, 2.75) is 57.3 Å². The molecule has 2 saturated heterocycles. The average Bonchev–Trinajstić information content (AvgIpc) is 3.32. The van der Waals surface area contributed by atoms with E-state index < -0.39 is 24.1 Å². The minimum Gasteiger partial charge on any atom is -0.479 e. The third-order valence-corrected chi connectivity index (χ3v) is 4.66. The normalized spacial score (nSPS) is 20.1. The van der Waals surface area contributed by atoms with Crippen molar-refractivity contribution >= 4 is 23.8 Å². The quantitative estimate of drug-likeness (QED) is 0.322. The largest absolute Gasteiger partial charge is 0.479 e. The van der Waals surface area contributed by atoms with Gasteiger partial charge in [0.1, 0.15) is 6.04 Å². The zero-order valence-corrected chi connectivity index (χ0v) is 15.9. The van der Waals surface area contributed by atoms with E-state index in [-0.39, 0.29) is 17.9 Å². The molecule has 0 aromatic carbocycles. The van der Waals surface area contributed by atoms with Gasteiger partial charge in [-0.2, -0.15) is 0 Å². The van der Waals surface area contributed by atoms with Gasteiger partial charge in [0, 0.05) is 13.0 Å². The minimum absolute atomic E-state index is 0.000324. The second-order valence-corrected chi connectivity index (χ2v) is 6.71. The second-order valence-electron chi connectivity index (χ2n) is 6.71. The van der Waals surface area contributed by atoms with Gasteiger partial charge in [0.05, 0.1) is 6.67 Å². The molecular formula is C17H29N3O8. The third-order valence-electron chi connectivity index (χ3n) is 4.66. The molecule has 2 aliphatic rings. The molecule has 0 saturated carbocycles. The molecule has 0 aliphatic carbocycles. The standard InChI is InChI=1S/C13H23N3O2.C4H6O6/c1-2-11(16-9-5-6-12(16)17)13(18)14-10-15-7-3-4-8-15;5-1(3(7)8)2(6)4(9)10/h11H,2-10H2,1H3,(H,14,18);1-2,5-6H,(H,7,8)(H,9,10)/t11-;1-,2-/m01/s1. The fraction of sp³-hybridized carbons (Fsp3) is 0.765. The molecule has 11 heteroatoms. The first-order valence-electron chi connectivity index (χ1n) is 9.30. The van der Waals surface area contributed by atoms with Gasteiger partial charge in [0.15, 0.2) is 12.2 Å². The summed E-state index contributed by atoms with van der Waals surface area (Å²) < 4.78 is 0. The number of carboxylic acids is 2. The molecule has 0 spiro atoms. The maximum absolute atomic E-state index is 12.1. The molecule has 2 rings (SSSR count). The summed E-state index contributed by atoms with van der Waals surface area (Å²) in [6, 6.07) is -0.275. The van der Waals surface area contributed by atoms with E-state index in [9.17, 15) is 19.2 Å². The molecule has 0 aromatic rings. The van der Waals surface area contributed by atoms with Gasteiger partial charge in [0.25, 0.3) is 0 Å². The molecule has 160 valence electrons. The van der Waals surface area contributed by atoms with Crippen LogP contribution in [-0.4, -0.2) is 98.5 Å². The van der Waals surface area contributed by atoms with Crippen molar-refractivity contribution in [1.82, 2.24) is 15.1 Å². The van der Waals surface area contributed by atoms with Crippen molar-refractivity contribution in [2.75, 3.05) is 26.3 Å². The van der Waals surface area contributed by atoms with E-state index in [1.54, 1.807) is 4.90 Å². The number of rotatable bonds is 8. The fourth-order valence-corrected chi connectivity index (χ4v) is 3.06. The van der Waals surface area contributed by atoms with Crippen molar-refractivity contribution < 1.29 is 39.6 Å². The summed E-state index contributed by atoms with van der Waals surface area (Å²) in [7, 11) is 0. The molecule has 28 heavy (non-hydrogen) atoms. The Bertz CT molecular complexity index is 547. The topological polar surface area (TPSA) is 168 Å². The second kappa shape index (κ2) is 11.6. The molecular weight excluding hydrogens is 374 g/mol. The number of nitrogens with zero attached hydrogens (tertiary/aromatic N) is 2. The number of carbonyl (C=O) groups is 4. The van der Waals surface area contributed by atoms with Gasteiger partial charge in [0.2, 0.25) is 11.8 Å². The van der Waals surface area contributed by atoms with Crippen molar-refractivity contribution in [3.8, 4) is 0 Å². The zero-order valence-electron chi connectivity index (χ0n) is 15.9. The Hall–Kier alpha value is -2.24. The Morgan fingerprint density at radius 2 is 1.54 bits per heavy atom. The van der Waals surface area contributed by atoms with Crippen LogP contribution in [0.5, 0.6) is 0 Å². The molecule has 3 atom stereocenters. The molecule has 0 bridgehead atoms. The smallest absolute Gasteiger partial charge is 0.335 e. The molecule has 0 unspecified atom stereocenters. The van der Waals surface area contributed by atoms with Crippen molar-refractivity contribution in [1.29, 1.82) is 0 Å². The van der Waals surface area contributed by atoms with Crippen LogP contribution in [-0.2, 0) is 19.2 Å². The van der Waals surface area contributed by atoms with Crippen molar-refractivity contribution in [3.63, 3.8) is 0 Å². The van der Waals surface area contributed by atoms with Crippen LogP contribution in [0, 0.1) is 0 Å². The van der Waals surface area contributed by atoms with Crippen LogP contribution in [0.4, 0.5) is 0 Å². The van der Waals surface area contributed by atoms with E-state index in [1.165, 1.54) is 12.8 Å². The van der Waals surface area contributed by atoms with Gasteiger partial charge < -0.3 is 30.6 Å². The van der Waals surface area contributed by atoms with Gasteiger partial charge in [-0.05, 0) is 38.8 Å². The number of aliphatic hydroxyl groups excluding tert-OH is 2. The van der Waals surface area contributed by atoms with Crippen molar-refractivity contribution in [2.24, 2.45) is 0 Å². The molecule has 2 heterocycles. The van der Waals surface area contributed by atoms with Crippen LogP contribution >= 0.6 is 0 Å². The first-order chi connectivity index (χ1) is 13.2. The highest BCUT2D eigenvalue weighted by atomic mass is 16.4. The molecule has 2 fully saturated rings. The van der Waals surface area contributed by atoms with E-state index in [1.807, 2.05) is 6.92 Å². The SMILES string of the molecule is CC[C@@H](C(=O)NCN1CCCC1)N1CCCC1=O.O=C(O)[C@H](O)[C@@H](O)C(=O)O. The Morgan fingerprint density at radius 3 is 1.93 bits per heavy atom. The fourth-order valence-electron chi connectivity index (χ4n) is 3.06. The number of aliphatic carboxylic acids is 2. The highest BCUT2D eigenvalue weighted by molar-refractivity contribution is 5.88. The average molecular weight is 403 g/mol. The first-order valence-corrected chi connectivity index (χ1v) is 9.30. The number of carboxylic acid groups (broad SMARTS) is 2. The van der Waals surface area contributed by atoms with Gasteiger partial charge in [-0.3, -0.25) is 14.5 Å². The van der Waals surface area contributed by atoms with Gasteiger partial charge in [-0.25, -0.2) is 9.59 Å².